The van der Waals surface area contributed by atoms with Gasteiger partial charge in [0, 0.05) is 0 Å². The van der Waals surface area contributed by atoms with E-state index < -0.39 is 11.4 Å². The minimum Gasteiger partial charge on any atom is -0.480 e. The fraction of sp³-hybridized carbons (Fsp3) is 0.667. The van der Waals surface area contributed by atoms with E-state index in [1.165, 1.54) is 6.92 Å². The van der Waals surface area contributed by atoms with Gasteiger partial charge in [0.2, 0.25) is 0 Å². The van der Waals surface area contributed by atoms with Gasteiger partial charge in [0.1, 0.15) is 11.2 Å². The molecular weight excluding hydrogens is 134 g/mol. The molecule has 0 atom stereocenters. The van der Waals surface area contributed by atoms with E-state index in [-0.39, 0.29) is 11.9 Å². The molecule has 0 saturated heterocycles. The number of Topliss-reactive ketones (excluding diaryl/α,β-unsaturated/α-hetero) is 1. The second kappa shape index (κ2) is 2.38. The molecule has 0 amide bonds. The molecule has 1 aliphatic rings. The van der Waals surface area contributed by atoms with E-state index in [0.29, 0.717) is 12.8 Å². The molecule has 0 radical (unpaired) electrons. The van der Waals surface area contributed by atoms with Gasteiger partial charge in [0.25, 0.3) is 0 Å². The quantitative estimate of drug-likeness (QED) is 0.557. The summed E-state index contributed by atoms with van der Waals surface area (Å²) in [6.45, 7) is 1.33. The van der Waals surface area contributed by atoms with Crippen LogP contribution >= 0.6 is 0 Å². The van der Waals surface area contributed by atoms with Gasteiger partial charge in [0.05, 0.1) is 0 Å². The topological polar surface area (TPSA) is 89.4 Å². The highest BCUT2D eigenvalue weighted by Crippen LogP contribution is 2.46. The van der Waals surface area contributed by atoms with Crippen molar-refractivity contribution < 1.29 is 14.7 Å². The Kier molecular flexibility index (Phi) is 2.17. The van der Waals surface area contributed by atoms with E-state index in [4.69, 9.17) is 5.11 Å². The summed E-state index contributed by atoms with van der Waals surface area (Å²) in [7, 11) is 0. The molecule has 1 saturated carbocycles. The molecule has 0 unspecified atom stereocenters. The molecule has 4 heteroatoms. The maximum atomic E-state index is 10.6. The molecule has 0 aromatic heterocycles. The first-order valence-electron chi connectivity index (χ1n) is 2.84. The number of aliphatic carboxylic acids is 1. The van der Waals surface area contributed by atoms with Gasteiger partial charge in [-0.25, -0.2) is 0 Å². The van der Waals surface area contributed by atoms with Crippen molar-refractivity contribution >= 4 is 11.8 Å². The van der Waals surface area contributed by atoms with Gasteiger partial charge in [0.15, 0.2) is 0 Å². The van der Waals surface area contributed by atoms with Gasteiger partial charge in [-0.15, -0.1) is 0 Å². The molecule has 0 aromatic rings. The van der Waals surface area contributed by atoms with Crippen LogP contribution < -0.4 is 6.15 Å². The van der Waals surface area contributed by atoms with Gasteiger partial charge < -0.3 is 11.3 Å². The molecule has 0 bridgehead atoms. The van der Waals surface area contributed by atoms with Crippen molar-refractivity contribution in [2.75, 3.05) is 0 Å². The molecule has 10 heavy (non-hydrogen) atoms. The van der Waals surface area contributed by atoms with E-state index in [9.17, 15) is 9.59 Å². The lowest BCUT2D eigenvalue weighted by atomic mass is 10.0. The summed E-state index contributed by atoms with van der Waals surface area (Å²) >= 11 is 0. The lowest BCUT2D eigenvalue weighted by Crippen LogP contribution is -2.22. The molecule has 1 aliphatic carbocycles. The predicted octanol–water partition coefficient (Wildman–Crippen LogP) is 0.602. The van der Waals surface area contributed by atoms with E-state index in [0.717, 1.165) is 0 Å². The first-order chi connectivity index (χ1) is 4.09. The molecule has 4 nitrogen and oxygen atoms in total. The second-order valence-electron chi connectivity index (χ2n) is 2.44. The van der Waals surface area contributed by atoms with Gasteiger partial charge >= 0.3 is 5.97 Å². The van der Waals surface area contributed by atoms with Crippen LogP contribution in [0.1, 0.15) is 19.8 Å². The maximum absolute atomic E-state index is 10.6. The van der Waals surface area contributed by atoms with E-state index in [1.54, 1.807) is 0 Å². The van der Waals surface area contributed by atoms with Crippen LogP contribution in [0.5, 0.6) is 0 Å². The average Bonchev–Trinajstić information content (AvgIpc) is 2.40. The van der Waals surface area contributed by atoms with Crippen LogP contribution in [-0.4, -0.2) is 16.9 Å². The van der Waals surface area contributed by atoms with E-state index >= 15 is 0 Å². The fourth-order valence-electron chi connectivity index (χ4n) is 0.842. The molecule has 58 valence electrons. The Morgan fingerprint density at radius 2 is 1.80 bits per heavy atom. The van der Waals surface area contributed by atoms with Crippen LogP contribution in [0.25, 0.3) is 0 Å². The largest absolute Gasteiger partial charge is 0.480 e. The maximum Gasteiger partial charge on any atom is 0.317 e. The normalized spacial score (nSPS) is 18.9. The van der Waals surface area contributed by atoms with Crippen molar-refractivity contribution in [1.82, 2.24) is 6.15 Å². The third-order valence-electron chi connectivity index (χ3n) is 1.83. The Balaban J connectivity index is 0.000000810. The Morgan fingerprint density at radius 1 is 1.40 bits per heavy atom. The summed E-state index contributed by atoms with van der Waals surface area (Å²) in [5.74, 6) is -1.18. The number of carboxylic acids is 1. The lowest BCUT2D eigenvalue weighted by Gasteiger charge is -2.00. The van der Waals surface area contributed by atoms with Gasteiger partial charge in [-0.2, -0.15) is 0 Å². The number of ketones is 1. The predicted molar refractivity (Wildman–Crippen MR) is 35.0 cm³/mol. The van der Waals surface area contributed by atoms with Crippen LogP contribution in [0.15, 0.2) is 0 Å². The lowest BCUT2D eigenvalue weighted by molar-refractivity contribution is -0.147. The van der Waals surface area contributed by atoms with Crippen molar-refractivity contribution in [2.45, 2.75) is 19.8 Å². The number of carbonyl (C=O) groups is 2. The highest BCUT2D eigenvalue weighted by atomic mass is 16.4. The Hall–Kier alpha value is -0.900. The van der Waals surface area contributed by atoms with Crippen LogP contribution in [0.3, 0.4) is 0 Å². The van der Waals surface area contributed by atoms with Crippen LogP contribution in [0.2, 0.25) is 0 Å². The summed E-state index contributed by atoms with van der Waals surface area (Å²) < 4.78 is 0. The highest BCUT2D eigenvalue weighted by Gasteiger charge is 2.54. The Bertz CT molecular complexity index is 156. The van der Waals surface area contributed by atoms with Crippen LogP contribution in [-0.2, 0) is 9.59 Å². The smallest absolute Gasteiger partial charge is 0.317 e. The summed E-state index contributed by atoms with van der Waals surface area (Å²) in [6.07, 6.45) is 1.05. The fourth-order valence-corrected chi connectivity index (χ4v) is 0.842. The van der Waals surface area contributed by atoms with E-state index in [1.807, 2.05) is 0 Å². The number of rotatable bonds is 2. The standard InChI is InChI=1S/C6H8O3.H3N/c1-4(7)6(2-3-6)5(8)9;/h2-3H2,1H3,(H,8,9);1H3. The monoisotopic (exact) mass is 145 g/mol. The highest BCUT2D eigenvalue weighted by molar-refractivity contribution is 6.04. The number of carbonyl (C=O) groups excluding carboxylic acids is 1. The first-order valence-corrected chi connectivity index (χ1v) is 2.84. The van der Waals surface area contributed by atoms with Gasteiger partial charge in [-0.05, 0) is 19.8 Å². The third kappa shape index (κ3) is 1.02. The van der Waals surface area contributed by atoms with Crippen molar-refractivity contribution in [3.8, 4) is 0 Å². The average molecular weight is 145 g/mol. The zero-order valence-corrected chi connectivity index (χ0v) is 5.89. The zero-order valence-electron chi connectivity index (χ0n) is 5.89. The van der Waals surface area contributed by atoms with Crippen molar-refractivity contribution in [2.24, 2.45) is 5.41 Å². The van der Waals surface area contributed by atoms with Crippen LogP contribution in [0.4, 0.5) is 0 Å². The number of hydrogen-bond acceptors (Lipinski definition) is 3. The van der Waals surface area contributed by atoms with Gasteiger partial charge in [-0.3, -0.25) is 9.59 Å². The molecule has 0 heterocycles. The van der Waals surface area contributed by atoms with Crippen molar-refractivity contribution in [1.29, 1.82) is 0 Å². The minimum absolute atomic E-state index is 0. The first kappa shape index (κ1) is 9.10. The molecule has 0 aliphatic heterocycles. The minimum atomic E-state index is -0.972. The van der Waals surface area contributed by atoms with E-state index in [2.05, 4.69) is 0 Å². The summed E-state index contributed by atoms with van der Waals surface area (Å²) in [5, 5.41) is 8.45. The summed E-state index contributed by atoms with van der Waals surface area (Å²) in [6, 6.07) is 0. The van der Waals surface area contributed by atoms with Crippen LogP contribution in [0, 0.1) is 5.41 Å². The zero-order chi connectivity index (χ0) is 7.07. The summed E-state index contributed by atoms with van der Waals surface area (Å²) in [4.78, 5) is 20.9. The number of hydrogen-bond donors (Lipinski definition) is 2. The molecule has 1 rings (SSSR count). The molecule has 4 N–H and O–H groups in total. The third-order valence-corrected chi connectivity index (χ3v) is 1.83. The number of carboxylic acid groups (broad SMARTS) is 1. The molecule has 1 fully saturated rings. The Morgan fingerprint density at radius 3 is 1.80 bits per heavy atom. The Labute approximate surface area is 58.8 Å². The van der Waals surface area contributed by atoms with Gasteiger partial charge in [-0.1, -0.05) is 0 Å². The van der Waals surface area contributed by atoms with Crippen molar-refractivity contribution in [3.05, 3.63) is 0 Å². The molecule has 0 aromatic carbocycles. The summed E-state index contributed by atoms with van der Waals surface area (Å²) in [5.41, 5.74) is -0.972. The molecule has 0 spiro atoms. The SMILES string of the molecule is CC(=O)C1(C(=O)O)CC1.N. The van der Waals surface area contributed by atoms with Crippen molar-refractivity contribution in [3.63, 3.8) is 0 Å². The second-order valence-corrected chi connectivity index (χ2v) is 2.44. The molecular formula is C6H11NO3.